The topological polar surface area (TPSA) is 66.4 Å². The summed E-state index contributed by atoms with van der Waals surface area (Å²) in [5.41, 5.74) is 0.553. The highest BCUT2D eigenvalue weighted by Crippen LogP contribution is 2.19. The van der Waals surface area contributed by atoms with Gasteiger partial charge in [-0.3, -0.25) is 9.59 Å². The maximum absolute atomic E-state index is 13.6. The first-order valence-corrected chi connectivity index (χ1v) is 6.41. The minimum absolute atomic E-state index is 0.201. The van der Waals surface area contributed by atoms with Crippen LogP contribution in [0.15, 0.2) is 42.5 Å². The zero-order chi connectivity index (χ0) is 15.4. The van der Waals surface area contributed by atoms with Crippen molar-refractivity contribution in [2.24, 2.45) is 0 Å². The van der Waals surface area contributed by atoms with Crippen LogP contribution in [0.25, 0.3) is 0 Å². The maximum atomic E-state index is 13.6. The number of aliphatic carboxylic acids is 1. The summed E-state index contributed by atoms with van der Waals surface area (Å²) in [7, 11) is 0. The Morgan fingerprint density at radius 1 is 1.19 bits per heavy atom. The lowest BCUT2D eigenvalue weighted by Gasteiger charge is -2.10. The smallest absolute Gasteiger partial charge is 0.307 e. The number of hydrogen-bond donors (Lipinski definition) is 2. The van der Waals surface area contributed by atoms with E-state index >= 15 is 0 Å². The molecule has 2 aromatic carbocycles. The van der Waals surface area contributed by atoms with E-state index in [4.69, 9.17) is 16.7 Å². The van der Waals surface area contributed by atoms with E-state index in [0.29, 0.717) is 11.3 Å². The normalized spacial score (nSPS) is 10.2. The third-order valence-corrected chi connectivity index (χ3v) is 3.02. The van der Waals surface area contributed by atoms with Gasteiger partial charge in [0.1, 0.15) is 5.82 Å². The minimum atomic E-state index is -1.02. The largest absolute Gasteiger partial charge is 0.481 e. The lowest BCUT2D eigenvalue weighted by molar-refractivity contribution is -0.136. The number of para-hydroxylation sites is 1. The number of benzene rings is 2. The molecule has 21 heavy (non-hydrogen) atoms. The highest BCUT2D eigenvalue weighted by atomic mass is 35.5. The average Bonchev–Trinajstić information content (AvgIpc) is 2.43. The molecule has 0 saturated carbocycles. The van der Waals surface area contributed by atoms with Gasteiger partial charge in [0, 0.05) is 10.7 Å². The number of amides is 1. The third kappa shape index (κ3) is 3.79. The van der Waals surface area contributed by atoms with Crippen molar-refractivity contribution in [3.63, 3.8) is 0 Å². The van der Waals surface area contributed by atoms with Crippen LogP contribution in [0, 0.1) is 5.82 Å². The van der Waals surface area contributed by atoms with Gasteiger partial charge in [-0.05, 0) is 29.8 Å². The number of carbonyl (C=O) groups is 2. The van der Waals surface area contributed by atoms with Gasteiger partial charge in [-0.25, -0.2) is 4.39 Å². The number of rotatable bonds is 4. The first kappa shape index (κ1) is 15.0. The summed E-state index contributed by atoms with van der Waals surface area (Å²) >= 11 is 5.74. The summed E-state index contributed by atoms with van der Waals surface area (Å²) < 4.78 is 13.6. The molecule has 2 rings (SSSR count). The van der Waals surface area contributed by atoms with Crippen LogP contribution in [0.5, 0.6) is 0 Å². The van der Waals surface area contributed by atoms with Crippen LogP contribution in [-0.2, 0) is 11.2 Å². The summed E-state index contributed by atoms with van der Waals surface area (Å²) in [6, 6.07) is 10.1. The third-order valence-electron chi connectivity index (χ3n) is 2.78. The second-order valence-electron chi connectivity index (χ2n) is 4.31. The Hall–Kier alpha value is -2.40. The number of hydrogen-bond acceptors (Lipinski definition) is 2. The molecular weight excluding hydrogens is 297 g/mol. The Bertz CT molecular complexity index is 703. The van der Waals surface area contributed by atoms with Crippen LogP contribution in [-0.4, -0.2) is 17.0 Å². The molecule has 6 heteroatoms. The Morgan fingerprint density at radius 3 is 2.62 bits per heavy atom. The van der Waals surface area contributed by atoms with Gasteiger partial charge in [0.25, 0.3) is 5.91 Å². The van der Waals surface area contributed by atoms with Crippen LogP contribution < -0.4 is 5.32 Å². The van der Waals surface area contributed by atoms with E-state index < -0.39 is 17.7 Å². The molecule has 0 atom stereocenters. The van der Waals surface area contributed by atoms with Crippen LogP contribution in [0.2, 0.25) is 5.02 Å². The lowest BCUT2D eigenvalue weighted by atomic mass is 10.1. The first-order valence-electron chi connectivity index (χ1n) is 6.03. The molecule has 2 aromatic rings. The second kappa shape index (κ2) is 6.37. The molecule has 0 saturated heterocycles. The monoisotopic (exact) mass is 307 g/mol. The van der Waals surface area contributed by atoms with Gasteiger partial charge in [-0.15, -0.1) is 0 Å². The molecule has 4 nitrogen and oxygen atoms in total. The molecule has 0 aliphatic rings. The Morgan fingerprint density at radius 2 is 1.90 bits per heavy atom. The van der Waals surface area contributed by atoms with Gasteiger partial charge in [0.15, 0.2) is 0 Å². The van der Waals surface area contributed by atoms with Crippen LogP contribution in [0.3, 0.4) is 0 Å². The fourth-order valence-corrected chi connectivity index (χ4v) is 1.99. The van der Waals surface area contributed by atoms with Crippen molar-refractivity contribution in [2.45, 2.75) is 6.42 Å². The summed E-state index contributed by atoms with van der Waals surface area (Å²) in [6.45, 7) is 0. The van der Waals surface area contributed by atoms with Crippen LogP contribution in [0.4, 0.5) is 10.1 Å². The van der Waals surface area contributed by atoms with Crippen LogP contribution in [0.1, 0.15) is 15.9 Å². The molecule has 2 N–H and O–H groups in total. The molecule has 0 heterocycles. The molecule has 108 valence electrons. The van der Waals surface area contributed by atoms with E-state index in [-0.39, 0.29) is 17.0 Å². The molecule has 0 spiro atoms. The van der Waals surface area contributed by atoms with E-state index in [1.807, 2.05) is 0 Å². The number of carboxylic acid groups (broad SMARTS) is 1. The van der Waals surface area contributed by atoms with Gasteiger partial charge in [0.2, 0.25) is 0 Å². The second-order valence-corrected chi connectivity index (χ2v) is 4.74. The van der Waals surface area contributed by atoms with Crippen molar-refractivity contribution in [3.8, 4) is 0 Å². The van der Waals surface area contributed by atoms with Crippen molar-refractivity contribution in [3.05, 3.63) is 64.4 Å². The molecule has 1 amide bonds. The van der Waals surface area contributed by atoms with Crippen molar-refractivity contribution in [1.82, 2.24) is 0 Å². The van der Waals surface area contributed by atoms with Crippen molar-refractivity contribution in [1.29, 1.82) is 0 Å². The summed E-state index contributed by atoms with van der Waals surface area (Å²) in [4.78, 5) is 22.9. The van der Waals surface area contributed by atoms with Crippen molar-refractivity contribution < 1.29 is 19.1 Å². The van der Waals surface area contributed by atoms with E-state index in [2.05, 4.69) is 5.32 Å². The zero-order valence-corrected chi connectivity index (χ0v) is 11.5. The average molecular weight is 308 g/mol. The Kier molecular flexibility index (Phi) is 4.55. The number of carboxylic acids is 1. The predicted molar refractivity (Wildman–Crippen MR) is 77.1 cm³/mol. The zero-order valence-electron chi connectivity index (χ0n) is 10.8. The van der Waals surface area contributed by atoms with Crippen molar-refractivity contribution >= 4 is 29.2 Å². The quantitative estimate of drug-likeness (QED) is 0.910. The highest BCUT2D eigenvalue weighted by molar-refractivity contribution is 6.31. The van der Waals surface area contributed by atoms with Crippen molar-refractivity contribution in [2.75, 3.05) is 5.32 Å². The molecule has 0 aliphatic heterocycles. The predicted octanol–water partition coefficient (Wildman–Crippen LogP) is 3.36. The fourth-order valence-electron chi connectivity index (χ4n) is 1.82. The Labute approximate surface area is 125 Å². The molecule has 0 fully saturated rings. The standard InChI is InChI=1S/C15H11ClFNO3/c16-10-5-6-12(17)11(8-10)15(21)18-13-4-2-1-3-9(13)7-14(19)20/h1-6,8H,7H2,(H,18,21)(H,19,20). The maximum Gasteiger partial charge on any atom is 0.307 e. The summed E-state index contributed by atoms with van der Waals surface area (Å²) in [5, 5.41) is 11.6. The van der Waals surface area contributed by atoms with E-state index in [0.717, 1.165) is 6.07 Å². The van der Waals surface area contributed by atoms with Gasteiger partial charge in [-0.1, -0.05) is 29.8 Å². The Balaban J connectivity index is 2.27. The highest BCUT2D eigenvalue weighted by Gasteiger charge is 2.14. The molecular formula is C15H11ClFNO3. The van der Waals surface area contributed by atoms with Gasteiger partial charge in [-0.2, -0.15) is 0 Å². The molecule has 0 radical (unpaired) electrons. The first-order chi connectivity index (χ1) is 9.97. The van der Waals surface area contributed by atoms with E-state index in [9.17, 15) is 14.0 Å². The number of nitrogens with one attached hydrogen (secondary N) is 1. The number of halogens is 2. The van der Waals surface area contributed by atoms with Gasteiger partial charge >= 0.3 is 5.97 Å². The fraction of sp³-hybridized carbons (Fsp3) is 0.0667. The number of anilines is 1. The molecule has 0 aliphatic carbocycles. The minimum Gasteiger partial charge on any atom is -0.481 e. The summed E-state index contributed by atoms with van der Waals surface area (Å²) in [6.07, 6.45) is -0.242. The van der Waals surface area contributed by atoms with Crippen LogP contribution >= 0.6 is 11.6 Å². The molecule has 0 unspecified atom stereocenters. The number of carbonyl (C=O) groups excluding carboxylic acids is 1. The lowest BCUT2D eigenvalue weighted by Crippen LogP contribution is -2.15. The van der Waals surface area contributed by atoms with E-state index in [1.54, 1.807) is 24.3 Å². The van der Waals surface area contributed by atoms with Gasteiger partial charge < -0.3 is 10.4 Å². The van der Waals surface area contributed by atoms with Gasteiger partial charge in [0.05, 0.1) is 12.0 Å². The SMILES string of the molecule is O=C(O)Cc1ccccc1NC(=O)c1cc(Cl)ccc1F. The molecule has 0 bridgehead atoms. The summed E-state index contributed by atoms with van der Waals surface area (Å²) in [5.74, 6) is -2.41. The van der Waals surface area contributed by atoms with E-state index in [1.165, 1.54) is 12.1 Å². The molecule has 0 aromatic heterocycles.